The van der Waals surface area contributed by atoms with Gasteiger partial charge in [-0.15, -0.1) is 0 Å². The summed E-state index contributed by atoms with van der Waals surface area (Å²) in [6, 6.07) is 0. The Morgan fingerprint density at radius 1 is 1.11 bits per heavy atom. The predicted molar refractivity (Wildman–Crippen MR) is 65.9 cm³/mol. The van der Waals surface area contributed by atoms with E-state index in [2.05, 4.69) is 4.74 Å². The van der Waals surface area contributed by atoms with Crippen molar-refractivity contribution >= 4 is 17.7 Å². The van der Waals surface area contributed by atoms with Gasteiger partial charge in [0.1, 0.15) is 5.78 Å². The normalized spacial score (nSPS) is 12.1. The Morgan fingerprint density at radius 3 is 2.17 bits per heavy atom. The summed E-state index contributed by atoms with van der Waals surface area (Å²) in [4.78, 5) is 33.6. The van der Waals surface area contributed by atoms with Crippen molar-refractivity contribution in [1.29, 1.82) is 0 Å². The van der Waals surface area contributed by atoms with Crippen LogP contribution in [0.15, 0.2) is 0 Å². The number of carbonyl (C=O) groups is 3. The number of hydrogen-bond donors (Lipinski definition) is 0. The van der Waals surface area contributed by atoms with E-state index in [4.69, 9.17) is 4.74 Å². The second-order valence-corrected chi connectivity index (χ2v) is 4.69. The van der Waals surface area contributed by atoms with E-state index in [1.807, 2.05) is 13.8 Å². The average molecular weight is 258 g/mol. The molecule has 0 aromatic heterocycles. The molecular formula is C13H22O5. The predicted octanol–water partition coefficient (Wildman–Crippen LogP) is 1.88. The lowest BCUT2D eigenvalue weighted by Gasteiger charge is -2.17. The van der Waals surface area contributed by atoms with E-state index < -0.39 is 18.0 Å². The van der Waals surface area contributed by atoms with Crippen LogP contribution in [-0.4, -0.2) is 30.9 Å². The van der Waals surface area contributed by atoms with Gasteiger partial charge in [0.05, 0.1) is 7.11 Å². The fraction of sp³-hybridized carbons (Fsp3) is 0.769. The smallest absolute Gasteiger partial charge is 0.347 e. The van der Waals surface area contributed by atoms with E-state index >= 15 is 0 Å². The van der Waals surface area contributed by atoms with Gasteiger partial charge in [-0.05, 0) is 25.7 Å². The molecule has 18 heavy (non-hydrogen) atoms. The summed E-state index contributed by atoms with van der Waals surface area (Å²) in [6.07, 6.45) is 0.530. The quantitative estimate of drug-likeness (QED) is 0.622. The van der Waals surface area contributed by atoms with Gasteiger partial charge in [-0.25, -0.2) is 4.79 Å². The average Bonchev–Trinajstić information content (AvgIpc) is 2.25. The molecule has 0 saturated carbocycles. The maximum absolute atomic E-state index is 11.5. The van der Waals surface area contributed by atoms with Crippen LogP contribution in [0.4, 0.5) is 0 Å². The zero-order valence-electron chi connectivity index (χ0n) is 11.5. The summed E-state index contributed by atoms with van der Waals surface area (Å²) < 4.78 is 9.66. The molecule has 5 heteroatoms. The minimum atomic E-state index is -0.847. The molecule has 0 N–H and O–H groups in total. The first-order valence-corrected chi connectivity index (χ1v) is 6.13. The van der Waals surface area contributed by atoms with Crippen molar-refractivity contribution in [3.63, 3.8) is 0 Å². The van der Waals surface area contributed by atoms with Gasteiger partial charge in [-0.3, -0.25) is 4.79 Å². The second kappa shape index (κ2) is 8.66. The Kier molecular flexibility index (Phi) is 8.00. The van der Waals surface area contributed by atoms with Crippen LogP contribution in [0.25, 0.3) is 0 Å². The molecule has 0 radical (unpaired) electrons. The van der Waals surface area contributed by atoms with Crippen LogP contribution in [-0.2, 0) is 23.9 Å². The summed E-state index contributed by atoms with van der Waals surface area (Å²) in [6.45, 7) is 5.33. The topological polar surface area (TPSA) is 69.7 Å². The van der Waals surface area contributed by atoms with Crippen molar-refractivity contribution in [2.75, 3.05) is 7.11 Å². The SMILES string of the molecule is COC(=O)[C@@H](CC(C)C)OC(=O)CCCC(C)=O. The Hall–Kier alpha value is -1.39. The molecule has 104 valence electrons. The Bertz CT molecular complexity index is 296. The van der Waals surface area contributed by atoms with Gasteiger partial charge < -0.3 is 14.3 Å². The fourth-order valence-electron chi connectivity index (χ4n) is 1.45. The number of hydrogen-bond acceptors (Lipinski definition) is 5. The monoisotopic (exact) mass is 258 g/mol. The van der Waals surface area contributed by atoms with Crippen LogP contribution >= 0.6 is 0 Å². The number of methoxy groups -OCH3 is 1. The molecule has 0 rings (SSSR count). The molecular weight excluding hydrogens is 236 g/mol. The molecule has 0 aliphatic carbocycles. The molecule has 0 heterocycles. The number of ether oxygens (including phenoxy) is 2. The molecule has 0 aromatic rings. The largest absolute Gasteiger partial charge is 0.466 e. The van der Waals surface area contributed by atoms with Gasteiger partial charge in [-0.1, -0.05) is 13.8 Å². The first kappa shape index (κ1) is 16.6. The van der Waals surface area contributed by atoms with Crippen molar-refractivity contribution in [2.24, 2.45) is 5.92 Å². The number of carbonyl (C=O) groups excluding carboxylic acids is 3. The Morgan fingerprint density at radius 2 is 1.72 bits per heavy atom. The number of ketones is 1. The van der Waals surface area contributed by atoms with Crippen LogP contribution in [0.5, 0.6) is 0 Å². The summed E-state index contributed by atoms with van der Waals surface area (Å²) in [7, 11) is 1.26. The molecule has 0 fully saturated rings. The third kappa shape index (κ3) is 7.81. The lowest BCUT2D eigenvalue weighted by molar-refractivity contribution is -0.167. The molecule has 0 amide bonds. The highest BCUT2D eigenvalue weighted by atomic mass is 16.6. The maximum atomic E-state index is 11.5. The lowest BCUT2D eigenvalue weighted by Crippen LogP contribution is -2.29. The van der Waals surface area contributed by atoms with E-state index in [0.29, 0.717) is 19.3 Å². The van der Waals surface area contributed by atoms with E-state index in [-0.39, 0.29) is 18.1 Å². The first-order valence-electron chi connectivity index (χ1n) is 6.13. The molecule has 0 aromatic carbocycles. The zero-order valence-corrected chi connectivity index (χ0v) is 11.5. The minimum absolute atomic E-state index is 0.0366. The number of rotatable bonds is 8. The van der Waals surface area contributed by atoms with Crippen LogP contribution in [0.3, 0.4) is 0 Å². The molecule has 5 nitrogen and oxygen atoms in total. The van der Waals surface area contributed by atoms with Crippen LogP contribution < -0.4 is 0 Å². The van der Waals surface area contributed by atoms with Gasteiger partial charge in [0.25, 0.3) is 0 Å². The van der Waals surface area contributed by atoms with Crippen LogP contribution in [0.1, 0.15) is 46.5 Å². The highest BCUT2D eigenvalue weighted by Crippen LogP contribution is 2.11. The molecule has 0 saturated heterocycles. The molecule has 0 spiro atoms. The Balaban J connectivity index is 4.18. The minimum Gasteiger partial charge on any atom is -0.466 e. The summed E-state index contributed by atoms with van der Waals surface area (Å²) in [5.41, 5.74) is 0. The number of Topliss-reactive ketones (excluding diaryl/α,β-unsaturated/α-hetero) is 1. The highest BCUT2D eigenvalue weighted by molar-refractivity contribution is 5.80. The van der Waals surface area contributed by atoms with E-state index in [1.165, 1.54) is 14.0 Å². The van der Waals surface area contributed by atoms with Crippen molar-refractivity contribution in [1.82, 2.24) is 0 Å². The third-order valence-electron chi connectivity index (χ3n) is 2.33. The maximum Gasteiger partial charge on any atom is 0.347 e. The highest BCUT2D eigenvalue weighted by Gasteiger charge is 2.24. The third-order valence-corrected chi connectivity index (χ3v) is 2.33. The molecule has 1 atom stereocenters. The Labute approximate surface area is 108 Å². The summed E-state index contributed by atoms with van der Waals surface area (Å²) >= 11 is 0. The van der Waals surface area contributed by atoms with E-state index in [0.717, 1.165) is 0 Å². The van der Waals surface area contributed by atoms with E-state index in [9.17, 15) is 14.4 Å². The van der Waals surface area contributed by atoms with Gasteiger partial charge in [0.15, 0.2) is 6.10 Å². The van der Waals surface area contributed by atoms with Crippen LogP contribution in [0.2, 0.25) is 0 Å². The van der Waals surface area contributed by atoms with E-state index in [1.54, 1.807) is 0 Å². The van der Waals surface area contributed by atoms with Gasteiger partial charge in [0.2, 0.25) is 0 Å². The molecule has 0 aliphatic heterocycles. The summed E-state index contributed by atoms with van der Waals surface area (Å²) in [5.74, 6) is -0.746. The lowest BCUT2D eigenvalue weighted by atomic mass is 10.1. The van der Waals surface area contributed by atoms with Crippen molar-refractivity contribution in [3.05, 3.63) is 0 Å². The second-order valence-electron chi connectivity index (χ2n) is 4.69. The zero-order chi connectivity index (χ0) is 14.1. The summed E-state index contributed by atoms with van der Waals surface area (Å²) in [5, 5.41) is 0. The van der Waals surface area contributed by atoms with Crippen LogP contribution in [0, 0.1) is 5.92 Å². The first-order chi connectivity index (χ1) is 8.36. The van der Waals surface area contributed by atoms with Crippen molar-refractivity contribution < 1.29 is 23.9 Å². The molecule has 0 bridgehead atoms. The van der Waals surface area contributed by atoms with Crippen molar-refractivity contribution in [2.45, 2.75) is 52.6 Å². The molecule has 0 aliphatic rings. The van der Waals surface area contributed by atoms with Crippen molar-refractivity contribution in [3.8, 4) is 0 Å². The number of esters is 2. The van der Waals surface area contributed by atoms with Gasteiger partial charge in [-0.2, -0.15) is 0 Å². The van der Waals surface area contributed by atoms with Gasteiger partial charge >= 0.3 is 11.9 Å². The standard InChI is InChI=1S/C13H22O5/c1-9(2)8-11(13(16)17-4)18-12(15)7-5-6-10(3)14/h9,11H,5-8H2,1-4H3/t11-/m1/s1. The van der Waals surface area contributed by atoms with Gasteiger partial charge in [0, 0.05) is 12.8 Å². The molecule has 0 unspecified atom stereocenters. The fourth-order valence-corrected chi connectivity index (χ4v) is 1.45.